The van der Waals surface area contributed by atoms with Crippen LogP contribution in [-0.2, 0) is 11.2 Å². The molecule has 2 aromatic rings. The van der Waals surface area contributed by atoms with Crippen LogP contribution < -0.4 is 0 Å². The monoisotopic (exact) mass is 535 g/mol. The van der Waals surface area contributed by atoms with Gasteiger partial charge in [-0.05, 0) is 47.2 Å². The Morgan fingerprint density at radius 2 is 2.21 bits per heavy atom. The number of nitrogens with one attached hydrogen (secondary N) is 1. The van der Waals surface area contributed by atoms with Crippen molar-refractivity contribution in [3.8, 4) is 5.75 Å². The van der Waals surface area contributed by atoms with Gasteiger partial charge in [0.05, 0.1) is 13.5 Å². The van der Waals surface area contributed by atoms with E-state index in [1.807, 2.05) is 29.5 Å². The van der Waals surface area contributed by atoms with Crippen molar-refractivity contribution >= 4 is 78.5 Å². The normalized spacial score (nSPS) is 19.5. The number of aryl methyl sites for hydroxylation is 1. The van der Waals surface area contributed by atoms with Crippen molar-refractivity contribution in [2.24, 2.45) is 0 Å². The molecule has 0 unspecified atom stereocenters. The number of rotatable bonds is 3. The van der Waals surface area contributed by atoms with E-state index in [0.29, 0.717) is 19.0 Å². The van der Waals surface area contributed by atoms with Crippen molar-refractivity contribution in [1.29, 1.82) is 5.41 Å². The number of hydrogen-bond donors (Lipinski definition) is 2. The third-order valence-electron chi connectivity index (χ3n) is 3.36. The second-order valence-corrected chi connectivity index (χ2v) is 9.24. The molecular weight excluding hydrogens is 525 g/mol. The second-order valence-electron chi connectivity index (χ2n) is 4.99. The van der Waals surface area contributed by atoms with Gasteiger partial charge in [0.25, 0.3) is 0 Å². The summed E-state index contributed by atoms with van der Waals surface area (Å²) in [5, 5.41) is 28.1. The van der Waals surface area contributed by atoms with Crippen molar-refractivity contribution in [3.05, 3.63) is 40.7 Å². The fourth-order valence-electron chi connectivity index (χ4n) is 2.18. The number of carbonyl (C=O) groups excluding carboxylic acids is 1. The number of allylic oxidation sites excluding steroid dienone is 1. The van der Waals surface area contributed by atoms with Crippen molar-refractivity contribution in [3.63, 3.8) is 0 Å². The van der Waals surface area contributed by atoms with E-state index in [-0.39, 0.29) is 16.6 Å². The van der Waals surface area contributed by atoms with Gasteiger partial charge in [-0.3, -0.25) is 10.2 Å². The molecule has 0 aliphatic carbocycles. The maximum Gasteiger partial charge on any atom is 0.186 e. The highest BCUT2D eigenvalue weighted by atomic mass is 127. The molecule has 1 aromatic heterocycles. The molecule has 2 N–H and O–H groups in total. The van der Waals surface area contributed by atoms with E-state index >= 15 is 0 Å². The van der Waals surface area contributed by atoms with Crippen LogP contribution in [0.5, 0.6) is 5.75 Å². The molecular formula is C15H11BrIN3O2S2. The summed E-state index contributed by atoms with van der Waals surface area (Å²) in [5.74, 6) is -0.718. The minimum atomic E-state index is -0.674. The van der Waals surface area contributed by atoms with E-state index in [1.54, 1.807) is 18.2 Å². The molecule has 1 fully saturated rings. The standard InChI is InChI=1S/C15H11BrIN3O2S2/c1-2-10-19-20-15(24-10)11-13(22)9(23-14(11)18)4-6-3-7(16)5-8(17)12(6)21/h3-5,11,18,21H,2H2,1H3/b9-4-,18-14?/t11-/m1/s1. The molecule has 0 bridgehead atoms. The zero-order chi connectivity index (χ0) is 17.4. The number of Topliss-reactive ketones (excluding diaryl/α,β-unsaturated/α-hetero) is 1. The van der Waals surface area contributed by atoms with Crippen LogP contribution in [0.15, 0.2) is 21.5 Å². The molecule has 1 aliphatic heterocycles. The smallest absolute Gasteiger partial charge is 0.186 e. The summed E-state index contributed by atoms with van der Waals surface area (Å²) in [6.07, 6.45) is 2.39. The Bertz CT molecular complexity index is 882. The fraction of sp³-hybridized carbons (Fsp3) is 0.200. The van der Waals surface area contributed by atoms with Crippen molar-refractivity contribution in [2.75, 3.05) is 0 Å². The van der Waals surface area contributed by atoms with Gasteiger partial charge in [-0.25, -0.2) is 0 Å². The quantitative estimate of drug-likeness (QED) is 0.443. The highest BCUT2D eigenvalue weighted by Gasteiger charge is 2.39. The summed E-state index contributed by atoms with van der Waals surface area (Å²) in [7, 11) is 0. The number of benzene rings is 1. The third-order valence-corrected chi connectivity index (χ3v) is 6.77. The summed E-state index contributed by atoms with van der Waals surface area (Å²) < 4.78 is 1.50. The SMILES string of the molecule is CCc1nnc([C@H]2C(=N)S/C(=C\c3cc(Br)cc(I)c3O)C2=O)s1. The first kappa shape index (κ1) is 18.0. The Balaban J connectivity index is 1.97. The maximum atomic E-state index is 12.7. The first-order valence-electron chi connectivity index (χ1n) is 6.93. The van der Waals surface area contributed by atoms with Gasteiger partial charge in [0.2, 0.25) is 0 Å². The minimum absolute atomic E-state index is 0.124. The zero-order valence-electron chi connectivity index (χ0n) is 12.3. The number of aromatic nitrogens is 2. The number of thioether (sulfide) groups is 1. The maximum absolute atomic E-state index is 12.7. The average molecular weight is 536 g/mol. The Hall–Kier alpha value is -0.780. The molecule has 5 nitrogen and oxygen atoms in total. The number of hydrogen-bond acceptors (Lipinski definition) is 7. The lowest BCUT2D eigenvalue weighted by molar-refractivity contribution is -0.114. The van der Waals surface area contributed by atoms with Crippen LogP contribution in [0.25, 0.3) is 6.08 Å². The highest BCUT2D eigenvalue weighted by Crippen LogP contribution is 2.42. The first-order chi connectivity index (χ1) is 11.4. The Morgan fingerprint density at radius 1 is 1.46 bits per heavy atom. The molecule has 0 amide bonds. The lowest BCUT2D eigenvalue weighted by Crippen LogP contribution is -2.11. The van der Waals surface area contributed by atoms with E-state index in [2.05, 4.69) is 26.1 Å². The lowest BCUT2D eigenvalue weighted by Gasteiger charge is -2.04. The number of aromatic hydroxyl groups is 1. The summed E-state index contributed by atoms with van der Waals surface area (Å²) in [6, 6.07) is 3.54. The van der Waals surface area contributed by atoms with Gasteiger partial charge in [-0.15, -0.1) is 21.5 Å². The van der Waals surface area contributed by atoms with Gasteiger partial charge < -0.3 is 5.11 Å². The van der Waals surface area contributed by atoms with Crippen LogP contribution >= 0.6 is 61.6 Å². The molecule has 3 rings (SSSR count). The molecule has 1 saturated heterocycles. The van der Waals surface area contributed by atoms with Crippen LogP contribution in [0, 0.1) is 8.98 Å². The van der Waals surface area contributed by atoms with Crippen molar-refractivity contribution in [1.82, 2.24) is 10.2 Å². The predicted octanol–water partition coefficient (Wildman–Crippen LogP) is 4.59. The molecule has 1 atom stereocenters. The number of ketones is 1. The lowest BCUT2D eigenvalue weighted by atomic mass is 10.0. The molecule has 0 saturated carbocycles. The van der Waals surface area contributed by atoms with Crippen molar-refractivity contribution < 1.29 is 9.90 Å². The second kappa shape index (κ2) is 7.22. The Morgan fingerprint density at radius 3 is 2.88 bits per heavy atom. The van der Waals surface area contributed by atoms with Crippen molar-refractivity contribution in [2.45, 2.75) is 19.3 Å². The van der Waals surface area contributed by atoms with Gasteiger partial charge in [0.15, 0.2) is 5.78 Å². The van der Waals surface area contributed by atoms with Gasteiger partial charge >= 0.3 is 0 Å². The molecule has 1 aromatic carbocycles. The summed E-state index contributed by atoms with van der Waals surface area (Å²) >= 11 is 7.90. The van der Waals surface area contributed by atoms with Gasteiger partial charge in [0, 0.05) is 10.0 Å². The number of nitrogens with zero attached hydrogens (tertiary/aromatic N) is 2. The van der Waals surface area contributed by atoms with E-state index < -0.39 is 5.92 Å². The molecule has 1 aliphatic rings. The third kappa shape index (κ3) is 3.44. The number of carbonyl (C=O) groups is 1. The average Bonchev–Trinajstić information content (AvgIpc) is 3.09. The zero-order valence-corrected chi connectivity index (χ0v) is 17.7. The molecule has 2 heterocycles. The molecule has 9 heteroatoms. The minimum Gasteiger partial charge on any atom is -0.506 e. The van der Waals surface area contributed by atoms with Crippen LogP contribution in [0.3, 0.4) is 0 Å². The van der Waals surface area contributed by atoms with Gasteiger partial charge in [0.1, 0.15) is 21.7 Å². The van der Waals surface area contributed by atoms with Crippen LogP contribution in [-0.4, -0.2) is 26.1 Å². The van der Waals surface area contributed by atoms with Crippen LogP contribution in [0.1, 0.15) is 28.4 Å². The Labute approximate surface area is 168 Å². The molecule has 24 heavy (non-hydrogen) atoms. The van der Waals surface area contributed by atoms with Crippen LogP contribution in [0.2, 0.25) is 0 Å². The van der Waals surface area contributed by atoms with E-state index in [4.69, 9.17) is 5.41 Å². The summed E-state index contributed by atoms with van der Waals surface area (Å²) in [5.41, 5.74) is 0.546. The predicted molar refractivity (Wildman–Crippen MR) is 109 cm³/mol. The van der Waals surface area contributed by atoms with E-state index in [9.17, 15) is 9.90 Å². The number of halogens is 2. The topological polar surface area (TPSA) is 86.9 Å². The highest BCUT2D eigenvalue weighted by molar-refractivity contribution is 14.1. The summed E-state index contributed by atoms with van der Waals surface area (Å²) in [6.45, 7) is 1.98. The number of phenols is 1. The van der Waals surface area contributed by atoms with E-state index in [1.165, 1.54) is 11.3 Å². The van der Waals surface area contributed by atoms with Gasteiger partial charge in [-0.1, -0.05) is 34.6 Å². The molecule has 0 spiro atoms. The number of phenolic OH excluding ortho intramolecular Hbond substituents is 1. The largest absolute Gasteiger partial charge is 0.506 e. The molecule has 124 valence electrons. The Kier molecular flexibility index (Phi) is 5.42. The fourth-order valence-corrected chi connectivity index (χ4v) is 5.67. The van der Waals surface area contributed by atoms with E-state index in [0.717, 1.165) is 27.7 Å². The molecule has 0 radical (unpaired) electrons. The first-order valence-corrected chi connectivity index (χ1v) is 10.4. The van der Waals surface area contributed by atoms with Crippen LogP contribution in [0.4, 0.5) is 0 Å². The van der Waals surface area contributed by atoms with Gasteiger partial charge in [-0.2, -0.15) is 0 Å². The summed E-state index contributed by atoms with van der Waals surface area (Å²) in [4.78, 5) is 13.1.